The Balaban J connectivity index is 1.92. The summed E-state index contributed by atoms with van der Waals surface area (Å²) in [6, 6.07) is 7.75. The van der Waals surface area contributed by atoms with Crippen molar-refractivity contribution in [1.82, 2.24) is 14.8 Å². The average Bonchev–Trinajstić information content (AvgIpc) is 2.74. The van der Waals surface area contributed by atoms with E-state index in [2.05, 4.69) is 15.4 Å². The molecule has 0 saturated heterocycles. The van der Waals surface area contributed by atoms with E-state index in [9.17, 15) is 0 Å². The van der Waals surface area contributed by atoms with Crippen LogP contribution in [0, 0.1) is 6.92 Å². The number of nitrogens with zero attached hydrogens (tertiary/aromatic N) is 3. The largest absolute Gasteiger partial charge is 0.379 e. The molecule has 3 rings (SSSR count). The molecule has 0 radical (unpaired) electrons. The van der Waals surface area contributed by atoms with Gasteiger partial charge < -0.3 is 5.32 Å². The maximum atomic E-state index is 6.16. The van der Waals surface area contributed by atoms with Crippen molar-refractivity contribution in [2.75, 3.05) is 5.32 Å². The molecule has 0 atom stereocenters. The van der Waals surface area contributed by atoms with Crippen molar-refractivity contribution < 1.29 is 0 Å². The van der Waals surface area contributed by atoms with Gasteiger partial charge in [-0.25, -0.2) is 0 Å². The second-order valence-corrected chi connectivity index (χ2v) is 5.23. The lowest BCUT2D eigenvalue weighted by molar-refractivity contribution is 0.756. The number of benzene rings is 1. The normalized spacial score (nSPS) is 10.9. The van der Waals surface area contributed by atoms with Gasteiger partial charge in [0, 0.05) is 42.0 Å². The molecule has 0 spiro atoms. The summed E-state index contributed by atoms with van der Waals surface area (Å²) in [4.78, 5) is 4.42. The first-order valence-electron chi connectivity index (χ1n) is 6.41. The Morgan fingerprint density at radius 1 is 1.35 bits per heavy atom. The Morgan fingerprint density at radius 3 is 2.95 bits per heavy atom. The zero-order valence-corrected chi connectivity index (χ0v) is 12.1. The van der Waals surface area contributed by atoms with E-state index in [1.807, 2.05) is 49.1 Å². The van der Waals surface area contributed by atoms with Gasteiger partial charge in [0.15, 0.2) is 0 Å². The summed E-state index contributed by atoms with van der Waals surface area (Å²) in [7, 11) is 1.92. The molecule has 0 bridgehead atoms. The number of aromatic nitrogens is 3. The smallest absolute Gasteiger partial charge is 0.0934 e. The predicted octanol–water partition coefficient (Wildman–Crippen LogP) is 3.54. The molecule has 102 valence electrons. The number of rotatable bonds is 3. The molecular formula is C15H15ClN4. The third-order valence-electron chi connectivity index (χ3n) is 3.25. The molecule has 2 heterocycles. The van der Waals surface area contributed by atoms with E-state index in [0.717, 1.165) is 27.8 Å². The lowest BCUT2D eigenvalue weighted by Gasteiger charge is -2.09. The predicted molar refractivity (Wildman–Crippen MR) is 82.0 cm³/mol. The van der Waals surface area contributed by atoms with Crippen molar-refractivity contribution in [3.05, 3.63) is 52.9 Å². The van der Waals surface area contributed by atoms with E-state index in [-0.39, 0.29) is 0 Å². The highest BCUT2D eigenvalue weighted by molar-refractivity contribution is 6.31. The lowest BCUT2D eigenvalue weighted by Crippen LogP contribution is -2.01. The van der Waals surface area contributed by atoms with Crippen LogP contribution >= 0.6 is 11.6 Å². The fourth-order valence-corrected chi connectivity index (χ4v) is 2.53. The third kappa shape index (κ3) is 2.47. The van der Waals surface area contributed by atoms with Gasteiger partial charge in [-0.15, -0.1) is 0 Å². The topological polar surface area (TPSA) is 42.7 Å². The number of hydrogen-bond acceptors (Lipinski definition) is 3. The van der Waals surface area contributed by atoms with Crippen molar-refractivity contribution in [1.29, 1.82) is 0 Å². The number of pyridine rings is 1. The van der Waals surface area contributed by atoms with E-state index >= 15 is 0 Å². The minimum Gasteiger partial charge on any atom is -0.379 e. The summed E-state index contributed by atoms with van der Waals surface area (Å²) in [6.07, 6.45) is 3.80. The van der Waals surface area contributed by atoms with Crippen LogP contribution in [0.2, 0.25) is 5.02 Å². The SMILES string of the molecule is Cc1nn(C)cc1CNc1cc(Cl)cc2cccnc12. The minimum absolute atomic E-state index is 0.700. The van der Waals surface area contributed by atoms with Crippen molar-refractivity contribution in [2.45, 2.75) is 13.5 Å². The Hall–Kier alpha value is -2.07. The van der Waals surface area contributed by atoms with E-state index in [4.69, 9.17) is 11.6 Å². The molecule has 0 fully saturated rings. The standard InChI is InChI=1S/C15H15ClN4/c1-10-12(9-20(2)19-10)8-18-14-7-13(16)6-11-4-3-5-17-15(11)14/h3-7,9,18H,8H2,1-2H3. The van der Waals surface area contributed by atoms with Crippen LogP contribution in [0.1, 0.15) is 11.3 Å². The van der Waals surface area contributed by atoms with Crippen molar-refractivity contribution in [3.8, 4) is 0 Å². The highest BCUT2D eigenvalue weighted by atomic mass is 35.5. The first-order chi connectivity index (χ1) is 9.63. The maximum absolute atomic E-state index is 6.16. The van der Waals surface area contributed by atoms with Crippen LogP contribution in [0.5, 0.6) is 0 Å². The van der Waals surface area contributed by atoms with Gasteiger partial charge in [-0.05, 0) is 25.1 Å². The molecule has 0 saturated carbocycles. The second kappa shape index (κ2) is 5.13. The summed E-state index contributed by atoms with van der Waals surface area (Å²) >= 11 is 6.16. The number of aryl methyl sites for hydroxylation is 2. The number of nitrogens with one attached hydrogen (secondary N) is 1. The van der Waals surface area contributed by atoms with Crippen LogP contribution in [0.25, 0.3) is 10.9 Å². The molecule has 0 unspecified atom stereocenters. The molecule has 0 amide bonds. The lowest BCUT2D eigenvalue weighted by atomic mass is 10.2. The average molecular weight is 287 g/mol. The monoisotopic (exact) mass is 286 g/mol. The van der Waals surface area contributed by atoms with E-state index in [0.29, 0.717) is 11.6 Å². The molecule has 5 heteroatoms. The van der Waals surface area contributed by atoms with E-state index in [1.165, 1.54) is 0 Å². The van der Waals surface area contributed by atoms with Crippen LogP contribution in [-0.2, 0) is 13.6 Å². The van der Waals surface area contributed by atoms with Gasteiger partial charge in [0.1, 0.15) is 0 Å². The van der Waals surface area contributed by atoms with Crippen LogP contribution in [-0.4, -0.2) is 14.8 Å². The Labute approximate surface area is 122 Å². The minimum atomic E-state index is 0.700. The van der Waals surface area contributed by atoms with Crippen molar-refractivity contribution >= 4 is 28.2 Å². The van der Waals surface area contributed by atoms with Gasteiger partial charge in [-0.2, -0.15) is 5.10 Å². The number of hydrogen-bond donors (Lipinski definition) is 1. The molecule has 4 nitrogen and oxygen atoms in total. The zero-order valence-electron chi connectivity index (χ0n) is 11.4. The van der Waals surface area contributed by atoms with Gasteiger partial charge in [-0.3, -0.25) is 9.67 Å². The zero-order chi connectivity index (χ0) is 14.1. The highest BCUT2D eigenvalue weighted by Crippen LogP contribution is 2.26. The van der Waals surface area contributed by atoms with Crippen LogP contribution < -0.4 is 5.32 Å². The van der Waals surface area contributed by atoms with Gasteiger partial charge in [0.05, 0.1) is 16.9 Å². The fraction of sp³-hybridized carbons (Fsp3) is 0.200. The number of fused-ring (bicyclic) bond motifs is 1. The molecule has 0 aliphatic heterocycles. The number of anilines is 1. The van der Waals surface area contributed by atoms with Crippen molar-refractivity contribution in [3.63, 3.8) is 0 Å². The molecule has 1 aromatic carbocycles. The first kappa shape index (κ1) is 12.9. The summed E-state index contributed by atoms with van der Waals surface area (Å²) < 4.78 is 1.82. The first-order valence-corrected chi connectivity index (χ1v) is 6.78. The molecule has 0 aliphatic carbocycles. The third-order valence-corrected chi connectivity index (χ3v) is 3.47. The van der Waals surface area contributed by atoms with Crippen LogP contribution in [0.15, 0.2) is 36.7 Å². The summed E-state index contributed by atoms with van der Waals surface area (Å²) in [5.41, 5.74) is 4.06. The van der Waals surface area contributed by atoms with E-state index < -0.39 is 0 Å². The van der Waals surface area contributed by atoms with Crippen molar-refractivity contribution in [2.24, 2.45) is 7.05 Å². The Morgan fingerprint density at radius 2 is 2.20 bits per heavy atom. The summed E-state index contributed by atoms with van der Waals surface area (Å²) in [5.74, 6) is 0. The Bertz CT molecular complexity index is 764. The molecule has 20 heavy (non-hydrogen) atoms. The summed E-state index contributed by atoms with van der Waals surface area (Å²) in [5, 5.41) is 9.47. The molecular weight excluding hydrogens is 272 g/mol. The van der Waals surface area contributed by atoms with Gasteiger partial charge in [0.25, 0.3) is 0 Å². The number of halogens is 1. The van der Waals surface area contributed by atoms with Crippen LogP contribution in [0.4, 0.5) is 5.69 Å². The highest BCUT2D eigenvalue weighted by Gasteiger charge is 2.07. The van der Waals surface area contributed by atoms with Crippen LogP contribution in [0.3, 0.4) is 0 Å². The molecule has 2 aromatic heterocycles. The van der Waals surface area contributed by atoms with Gasteiger partial charge in [-0.1, -0.05) is 17.7 Å². The van der Waals surface area contributed by atoms with Gasteiger partial charge >= 0.3 is 0 Å². The summed E-state index contributed by atoms with van der Waals surface area (Å²) in [6.45, 7) is 2.71. The Kier molecular flexibility index (Phi) is 3.32. The van der Waals surface area contributed by atoms with E-state index in [1.54, 1.807) is 6.20 Å². The molecule has 0 aliphatic rings. The second-order valence-electron chi connectivity index (χ2n) is 4.80. The molecule has 1 N–H and O–H groups in total. The quantitative estimate of drug-likeness (QED) is 0.801. The maximum Gasteiger partial charge on any atom is 0.0934 e. The van der Waals surface area contributed by atoms with Gasteiger partial charge in [0.2, 0.25) is 0 Å². The molecule has 3 aromatic rings. The fourth-order valence-electron chi connectivity index (χ4n) is 2.30.